The van der Waals surface area contributed by atoms with Crippen LogP contribution in [0.5, 0.6) is 0 Å². The fourth-order valence-electron chi connectivity index (χ4n) is 3.69. The molecule has 2 aromatic rings. The molecular weight excluding hydrogens is 403 g/mol. The molecule has 2 aromatic carbocycles. The standard InChI is InChI=1S/C21H23Cl3N2O/c1-13-12-26-20(27)21(13,25)9-8-15(10-14-2-4-16(22)5-3-14)18-7-6-17(23)11-19(18)24/h2-7,11,13,15H,8-10,12,25H2,1H3,(H,26,27)/t13-,15-,21+/m1/s1. The number of hydrogen-bond acceptors (Lipinski definition) is 2. The Morgan fingerprint density at radius 3 is 2.41 bits per heavy atom. The molecule has 1 fully saturated rings. The molecule has 1 aliphatic rings. The second-order valence-electron chi connectivity index (χ2n) is 7.38. The Balaban J connectivity index is 1.85. The van der Waals surface area contributed by atoms with E-state index in [-0.39, 0.29) is 17.7 Å². The third kappa shape index (κ3) is 4.60. The summed E-state index contributed by atoms with van der Waals surface area (Å²) in [4.78, 5) is 12.3. The number of hydrogen-bond donors (Lipinski definition) is 2. The van der Waals surface area contributed by atoms with Gasteiger partial charge in [0.25, 0.3) is 0 Å². The minimum Gasteiger partial charge on any atom is -0.354 e. The molecule has 0 unspecified atom stereocenters. The SMILES string of the molecule is C[C@@H]1CNC(=O)[C@]1(N)CC[C@H](Cc1ccc(Cl)cc1)c1ccc(Cl)cc1Cl. The molecule has 0 radical (unpaired) electrons. The van der Waals surface area contributed by atoms with Crippen LogP contribution in [0, 0.1) is 5.92 Å². The fraction of sp³-hybridized carbons (Fsp3) is 0.381. The quantitative estimate of drug-likeness (QED) is 0.667. The minimum atomic E-state index is -0.836. The predicted molar refractivity (Wildman–Crippen MR) is 113 cm³/mol. The Hall–Kier alpha value is -1.26. The maximum atomic E-state index is 12.3. The van der Waals surface area contributed by atoms with Gasteiger partial charge in [0, 0.05) is 27.5 Å². The van der Waals surface area contributed by atoms with Crippen LogP contribution in [0.3, 0.4) is 0 Å². The average molecular weight is 426 g/mol. The van der Waals surface area contributed by atoms with E-state index in [1.807, 2.05) is 43.3 Å². The summed E-state index contributed by atoms with van der Waals surface area (Å²) >= 11 is 18.6. The molecule has 1 aliphatic heterocycles. The van der Waals surface area contributed by atoms with Crippen molar-refractivity contribution in [1.29, 1.82) is 0 Å². The van der Waals surface area contributed by atoms with Crippen LogP contribution < -0.4 is 11.1 Å². The fourth-order valence-corrected chi connectivity index (χ4v) is 4.38. The third-order valence-corrected chi connectivity index (χ3v) is 6.39. The number of nitrogens with two attached hydrogens (primary N) is 1. The van der Waals surface area contributed by atoms with Crippen molar-refractivity contribution in [2.75, 3.05) is 6.54 Å². The van der Waals surface area contributed by atoms with Crippen molar-refractivity contribution in [1.82, 2.24) is 5.32 Å². The summed E-state index contributed by atoms with van der Waals surface area (Å²) < 4.78 is 0. The molecule has 3 rings (SSSR count). The first kappa shape index (κ1) is 20.5. The number of benzene rings is 2. The zero-order chi connectivity index (χ0) is 19.6. The number of nitrogens with one attached hydrogen (secondary N) is 1. The smallest absolute Gasteiger partial charge is 0.240 e. The van der Waals surface area contributed by atoms with Gasteiger partial charge in [0.05, 0.1) is 5.54 Å². The molecule has 0 saturated carbocycles. The van der Waals surface area contributed by atoms with E-state index < -0.39 is 5.54 Å². The van der Waals surface area contributed by atoms with Gasteiger partial charge >= 0.3 is 0 Å². The summed E-state index contributed by atoms with van der Waals surface area (Å²) in [5.74, 6) is 0.154. The lowest BCUT2D eigenvalue weighted by Gasteiger charge is -2.28. The zero-order valence-corrected chi connectivity index (χ0v) is 17.4. The van der Waals surface area contributed by atoms with E-state index in [0.29, 0.717) is 28.0 Å². The van der Waals surface area contributed by atoms with Gasteiger partial charge < -0.3 is 11.1 Å². The molecule has 144 valence electrons. The summed E-state index contributed by atoms with van der Waals surface area (Å²) in [5, 5.41) is 4.82. The molecule has 3 atom stereocenters. The molecule has 1 amide bonds. The van der Waals surface area contributed by atoms with Gasteiger partial charge in [-0.15, -0.1) is 0 Å². The van der Waals surface area contributed by atoms with E-state index >= 15 is 0 Å². The van der Waals surface area contributed by atoms with Crippen molar-refractivity contribution in [3.8, 4) is 0 Å². The van der Waals surface area contributed by atoms with Crippen molar-refractivity contribution in [3.63, 3.8) is 0 Å². The first-order valence-corrected chi connectivity index (χ1v) is 10.2. The van der Waals surface area contributed by atoms with E-state index in [4.69, 9.17) is 40.5 Å². The van der Waals surface area contributed by atoms with E-state index in [1.165, 1.54) is 0 Å². The number of halogens is 3. The van der Waals surface area contributed by atoms with Gasteiger partial charge in [-0.2, -0.15) is 0 Å². The topological polar surface area (TPSA) is 55.1 Å². The van der Waals surface area contributed by atoms with Crippen molar-refractivity contribution < 1.29 is 4.79 Å². The lowest BCUT2D eigenvalue weighted by atomic mass is 9.79. The molecule has 0 aliphatic carbocycles. The van der Waals surface area contributed by atoms with Crippen molar-refractivity contribution in [2.24, 2.45) is 11.7 Å². The van der Waals surface area contributed by atoms with Crippen LogP contribution in [0.15, 0.2) is 42.5 Å². The van der Waals surface area contributed by atoms with Gasteiger partial charge in [-0.05, 0) is 60.6 Å². The van der Waals surface area contributed by atoms with Gasteiger partial charge in [-0.1, -0.05) is 59.9 Å². The van der Waals surface area contributed by atoms with Crippen LogP contribution in [0.2, 0.25) is 15.1 Å². The Morgan fingerprint density at radius 1 is 1.15 bits per heavy atom. The monoisotopic (exact) mass is 424 g/mol. The molecule has 27 heavy (non-hydrogen) atoms. The molecule has 3 nitrogen and oxygen atoms in total. The highest BCUT2D eigenvalue weighted by Crippen LogP contribution is 2.36. The largest absolute Gasteiger partial charge is 0.354 e. The molecule has 0 spiro atoms. The van der Waals surface area contributed by atoms with E-state index in [2.05, 4.69) is 5.32 Å². The third-order valence-electron chi connectivity index (χ3n) is 5.58. The van der Waals surface area contributed by atoms with Crippen molar-refractivity contribution in [2.45, 2.75) is 37.6 Å². The summed E-state index contributed by atoms with van der Waals surface area (Å²) in [6.45, 7) is 2.64. The van der Waals surface area contributed by atoms with Crippen LogP contribution in [0.1, 0.15) is 36.8 Å². The van der Waals surface area contributed by atoms with Gasteiger partial charge in [0.2, 0.25) is 5.91 Å². The Morgan fingerprint density at radius 2 is 1.81 bits per heavy atom. The molecule has 0 aromatic heterocycles. The first-order chi connectivity index (χ1) is 12.8. The normalized spacial score (nSPS) is 23.3. The second-order valence-corrected chi connectivity index (χ2v) is 8.66. The Kier molecular flexibility index (Phi) is 6.37. The average Bonchev–Trinajstić information content (AvgIpc) is 2.88. The van der Waals surface area contributed by atoms with Crippen LogP contribution in [-0.2, 0) is 11.2 Å². The number of amides is 1. The highest BCUT2D eigenvalue weighted by atomic mass is 35.5. The van der Waals surface area contributed by atoms with Gasteiger partial charge in [-0.3, -0.25) is 4.79 Å². The number of carbonyl (C=O) groups excluding carboxylic acids is 1. The van der Waals surface area contributed by atoms with Gasteiger partial charge in [0.1, 0.15) is 0 Å². The molecular formula is C21H23Cl3N2O. The molecule has 1 saturated heterocycles. The molecule has 0 bridgehead atoms. The van der Waals surface area contributed by atoms with E-state index in [1.54, 1.807) is 6.07 Å². The van der Waals surface area contributed by atoms with Crippen LogP contribution >= 0.6 is 34.8 Å². The lowest BCUT2D eigenvalue weighted by molar-refractivity contribution is -0.124. The summed E-state index contributed by atoms with van der Waals surface area (Å²) in [6, 6.07) is 13.4. The summed E-state index contributed by atoms with van der Waals surface area (Å²) in [5.41, 5.74) is 7.81. The van der Waals surface area contributed by atoms with Crippen molar-refractivity contribution >= 4 is 40.7 Å². The second kappa shape index (κ2) is 8.40. The molecule has 6 heteroatoms. The highest BCUT2D eigenvalue weighted by molar-refractivity contribution is 6.35. The highest BCUT2D eigenvalue weighted by Gasteiger charge is 2.44. The Bertz CT molecular complexity index is 825. The van der Waals surface area contributed by atoms with Crippen LogP contribution in [0.25, 0.3) is 0 Å². The van der Waals surface area contributed by atoms with E-state index in [0.717, 1.165) is 24.0 Å². The predicted octanol–water partition coefficient (Wildman–Crippen LogP) is 5.22. The van der Waals surface area contributed by atoms with Crippen LogP contribution in [-0.4, -0.2) is 18.0 Å². The zero-order valence-electron chi connectivity index (χ0n) is 15.1. The number of carbonyl (C=O) groups is 1. The lowest BCUT2D eigenvalue weighted by Crippen LogP contribution is -2.50. The minimum absolute atomic E-state index is 0.0672. The van der Waals surface area contributed by atoms with Gasteiger partial charge in [0.15, 0.2) is 0 Å². The van der Waals surface area contributed by atoms with E-state index in [9.17, 15) is 4.79 Å². The van der Waals surface area contributed by atoms with Crippen molar-refractivity contribution in [3.05, 3.63) is 68.7 Å². The Labute approximate surface area is 175 Å². The summed E-state index contributed by atoms with van der Waals surface area (Å²) in [6.07, 6.45) is 2.13. The summed E-state index contributed by atoms with van der Waals surface area (Å²) in [7, 11) is 0. The number of rotatable bonds is 6. The first-order valence-electron chi connectivity index (χ1n) is 9.06. The maximum absolute atomic E-state index is 12.3. The molecule has 1 heterocycles. The molecule has 3 N–H and O–H groups in total. The van der Waals surface area contributed by atoms with Gasteiger partial charge in [-0.25, -0.2) is 0 Å². The van der Waals surface area contributed by atoms with Crippen LogP contribution in [0.4, 0.5) is 0 Å². The maximum Gasteiger partial charge on any atom is 0.240 e.